The maximum atomic E-state index is 13.9. The molecule has 5 rings (SSSR count). The van der Waals surface area contributed by atoms with E-state index in [1.807, 2.05) is 39.0 Å². The molecule has 0 unspecified atom stereocenters. The molecule has 48 heavy (non-hydrogen) atoms. The van der Waals surface area contributed by atoms with Crippen LogP contribution in [0.15, 0.2) is 36.7 Å². The highest BCUT2D eigenvalue weighted by Crippen LogP contribution is 2.36. The highest BCUT2D eigenvalue weighted by molar-refractivity contribution is 6.33. The first-order valence-corrected chi connectivity index (χ1v) is 17.0. The van der Waals surface area contributed by atoms with Crippen LogP contribution >= 0.6 is 11.6 Å². The van der Waals surface area contributed by atoms with Crippen molar-refractivity contribution in [1.82, 2.24) is 25.5 Å². The number of carbonyl (C=O) groups excluding carboxylic acids is 3. The van der Waals surface area contributed by atoms with Crippen LogP contribution in [0.3, 0.4) is 0 Å². The van der Waals surface area contributed by atoms with Crippen LogP contribution < -0.4 is 30.9 Å². The number of piperidine rings is 1. The number of rotatable bonds is 10. The van der Waals surface area contributed by atoms with E-state index in [0.29, 0.717) is 52.6 Å². The van der Waals surface area contributed by atoms with Crippen LogP contribution in [0.2, 0.25) is 5.02 Å². The van der Waals surface area contributed by atoms with Crippen molar-refractivity contribution >= 4 is 63.1 Å². The van der Waals surface area contributed by atoms with Crippen molar-refractivity contribution in [2.75, 3.05) is 49.3 Å². The quantitative estimate of drug-likeness (QED) is 0.231. The summed E-state index contributed by atoms with van der Waals surface area (Å²) >= 11 is 6.73. The van der Waals surface area contributed by atoms with Crippen molar-refractivity contribution < 1.29 is 19.1 Å². The number of halogens is 1. The number of hydrogen-bond acceptors (Lipinski definition) is 9. The Hall–Kier alpha value is -4.16. The van der Waals surface area contributed by atoms with Gasteiger partial charge in [0.2, 0.25) is 17.7 Å². The number of carbonyl (C=O) groups is 3. The number of likely N-dealkylation sites (tertiary alicyclic amines) is 1. The molecule has 2 aromatic carbocycles. The molecule has 0 aliphatic carbocycles. The van der Waals surface area contributed by atoms with E-state index in [-0.39, 0.29) is 17.7 Å². The maximum Gasteiger partial charge on any atom is 0.247 e. The standard InChI is InChI=1S/C35H47ClN8O4/c1-21(37-5)32(45)42-30(35(2,3)4)34(47)44-16-10-11-28(44)33(46)41-26-18-23-25(19-29(26)48-6)38-20-39-31(23)40-22-12-13-27(24(36)17-22)43-14-8-7-9-15-43/h12-13,17-21,28,30,37H,7-11,14-16H2,1-6H3,(H,41,46)(H,42,45)(H,38,39,40)/t21-,28-,30+/m0/s1. The number of likely N-dealkylation sites (N-methyl/N-ethyl adjacent to an activating group) is 1. The van der Waals surface area contributed by atoms with Crippen molar-refractivity contribution in [1.29, 1.82) is 0 Å². The molecule has 12 nitrogen and oxygen atoms in total. The van der Waals surface area contributed by atoms with Crippen LogP contribution in [0.5, 0.6) is 5.75 Å². The van der Waals surface area contributed by atoms with Crippen molar-refractivity contribution in [3.63, 3.8) is 0 Å². The SMILES string of the molecule is CN[C@@H](C)C(=O)N[C@H](C(=O)N1CCC[C@H]1C(=O)Nc1cc2c(Nc3ccc(N4CCCCC4)c(Cl)c3)ncnc2cc1OC)C(C)(C)C. The third-order valence-electron chi connectivity index (χ3n) is 9.19. The largest absolute Gasteiger partial charge is 0.494 e. The number of anilines is 4. The van der Waals surface area contributed by atoms with E-state index in [4.69, 9.17) is 16.3 Å². The minimum Gasteiger partial charge on any atom is -0.494 e. The van der Waals surface area contributed by atoms with E-state index in [1.54, 1.807) is 31.0 Å². The topological polar surface area (TPSA) is 141 Å². The second kappa shape index (κ2) is 14.9. The summed E-state index contributed by atoms with van der Waals surface area (Å²) in [6.45, 7) is 9.83. The summed E-state index contributed by atoms with van der Waals surface area (Å²) < 4.78 is 5.64. The molecular weight excluding hydrogens is 632 g/mol. The van der Waals surface area contributed by atoms with Crippen LogP contribution in [0.1, 0.15) is 59.8 Å². The maximum absolute atomic E-state index is 13.9. The van der Waals surface area contributed by atoms with Crippen LogP contribution in [0.25, 0.3) is 10.9 Å². The van der Waals surface area contributed by atoms with Gasteiger partial charge in [-0.25, -0.2) is 9.97 Å². The Morgan fingerprint density at radius 2 is 1.77 bits per heavy atom. The molecule has 2 aliphatic heterocycles. The smallest absolute Gasteiger partial charge is 0.247 e. The highest BCUT2D eigenvalue weighted by atomic mass is 35.5. The van der Waals surface area contributed by atoms with Gasteiger partial charge < -0.3 is 35.8 Å². The molecule has 1 aromatic heterocycles. The van der Waals surface area contributed by atoms with E-state index in [0.717, 1.165) is 37.3 Å². The summed E-state index contributed by atoms with van der Waals surface area (Å²) in [7, 11) is 3.21. The summed E-state index contributed by atoms with van der Waals surface area (Å²) in [6.07, 6.45) is 6.19. The lowest BCUT2D eigenvalue weighted by molar-refractivity contribution is -0.143. The monoisotopic (exact) mass is 678 g/mol. The highest BCUT2D eigenvalue weighted by Gasteiger charge is 2.42. The van der Waals surface area contributed by atoms with E-state index >= 15 is 0 Å². The molecule has 0 radical (unpaired) electrons. The normalized spacial score (nSPS) is 17.9. The van der Waals surface area contributed by atoms with Crippen LogP contribution in [-0.4, -0.2) is 84.5 Å². The summed E-state index contributed by atoms with van der Waals surface area (Å²) in [5.41, 5.74) is 2.26. The molecular formula is C35H47ClN8O4. The second-order valence-corrected chi connectivity index (χ2v) is 14.0. The van der Waals surface area contributed by atoms with E-state index in [1.165, 1.54) is 19.9 Å². The number of hydrogen-bond donors (Lipinski definition) is 4. The number of aromatic nitrogens is 2. The van der Waals surface area contributed by atoms with Gasteiger partial charge in [0.25, 0.3) is 0 Å². The van der Waals surface area contributed by atoms with Gasteiger partial charge in [0.05, 0.1) is 35.1 Å². The Labute approximate surface area is 287 Å². The van der Waals surface area contributed by atoms with Gasteiger partial charge in [0.15, 0.2) is 0 Å². The van der Waals surface area contributed by atoms with E-state index < -0.39 is 23.5 Å². The number of methoxy groups -OCH3 is 1. The summed E-state index contributed by atoms with van der Waals surface area (Å²) in [4.78, 5) is 53.3. The number of nitrogens with one attached hydrogen (secondary N) is 4. The predicted molar refractivity (Wildman–Crippen MR) is 190 cm³/mol. The molecule has 3 aromatic rings. The predicted octanol–water partition coefficient (Wildman–Crippen LogP) is 5.09. The average molecular weight is 679 g/mol. The lowest BCUT2D eigenvalue weighted by Crippen LogP contribution is -2.59. The zero-order valence-electron chi connectivity index (χ0n) is 28.7. The van der Waals surface area contributed by atoms with Gasteiger partial charge >= 0.3 is 0 Å². The molecule has 3 heterocycles. The van der Waals surface area contributed by atoms with Crippen LogP contribution in [-0.2, 0) is 14.4 Å². The summed E-state index contributed by atoms with van der Waals surface area (Å²) in [5, 5.41) is 13.5. The number of amides is 3. The lowest BCUT2D eigenvalue weighted by atomic mass is 9.85. The number of nitrogens with zero attached hydrogens (tertiary/aromatic N) is 4. The van der Waals surface area contributed by atoms with E-state index in [2.05, 4.69) is 36.1 Å². The first kappa shape index (κ1) is 35.2. The lowest BCUT2D eigenvalue weighted by Gasteiger charge is -2.36. The van der Waals surface area contributed by atoms with Gasteiger partial charge in [-0.05, 0) is 75.8 Å². The average Bonchev–Trinajstić information content (AvgIpc) is 3.57. The molecule has 13 heteroatoms. The van der Waals surface area contributed by atoms with Gasteiger partial charge in [0, 0.05) is 36.8 Å². The minimum atomic E-state index is -0.808. The van der Waals surface area contributed by atoms with Gasteiger partial charge in [-0.3, -0.25) is 14.4 Å². The Morgan fingerprint density at radius 1 is 1.02 bits per heavy atom. The molecule has 2 aliphatic rings. The molecule has 3 atom stereocenters. The van der Waals surface area contributed by atoms with Crippen molar-refractivity contribution in [2.24, 2.45) is 5.41 Å². The Bertz CT molecular complexity index is 1660. The second-order valence-electron chi connectivity index (χ2n) is 13.6. The molecule has 3 amide bonds. The van der Waals surface area contributed by atoms with Gasteiger partial charge in [0.1, 0.15) is 30.0 Å². The minimum absolute atomic E-state index is 0.279. The fourth-order valence-electron chi connectivity index (χ4n) is 6.29. The fourth-order valence-corrected chi connectivity index (χ4v) is 6.59. The van der Waals surface area contributed by atoms with Crippen LogP contribution in [0.4, 0.5) is 22.9 Å². The first-order chi connectivity index (χ1) is 22.9. The molecule has 2 fully saturated rings. The third-order valence-corrected chi connectivity index (χ3v) is 9.49. The van der Waals surface area contributed by atoms with E-state index in [9.17, 15) is 14.4 Å². The number of benzene rings is 2. The molecule has 4 N–H and O–H groups in total. The van der Waals surface area contributed by atoms with Gasteiger partial charge in [-0.1, -0.05) is 32.4 Å². The van der Waals surface area contributed by atoms with Gasteiger partial charge in [-0.2, -0.15) is 0 Å². The Kier molecular flexibility index (Phi) is 10.9. The Balaban J connectivity index is 1.37. The summed E-state index contributed by atoms with van der Waals surface area (Å²) in [5.74, 6) is 0.0572. The van der Waals surface area contributed by atoms with Crippen LogP contribution in [0, 0.1) is 5.41 Å². The first-order valence-electron chi connectivity index (χ1n) is 16.6. The number of fused-ring (bicyclic) bond motifs is 1. The molecule has 0 bridgehead atoms. The summed E-state index contributed by atoms with van der Waals surface area (Å²) in [6, 6.07) is 7.42. The number of ether oxygens (including phenoxy) is 1. The van der Waals surface area contributed by atoms with Gasteiger partial charge in [-0.15, -0.1) is 0 Å². The van der Waals surface area contributed by atoms with Crippen molar-refractivity contribution in [3.8, 4) is 5.75 Å². The molecule has 2 saturated heterocycles. The van der Waals surface area contributed by atoms with Crippen molar-refractivity contribution in [3.05, 3.63) is 41.7 Å². The molecule has 0 saturated carbocycles. The van der Waals surface area contributed by atoms with Crippen molar-refractivity contribution in [2.45, 2.75) is 77.9 Å². The third kappa shape index (κ3) is 7.76. The molecule has 0 spiro atoms. The fraction of sp³-hybridized carbons (Fsp3) is 0.514. The zero-order chi connectivity index (χ0) is 34.6. The Morgan fingerprint density at radius 3 is 2.44 bits per heavy atom. The molecule has 258 valence electrons. The zero-order valence-corrected chi connectivity index (χ0v) is 29.4.